The normalized spacial score (nSPS) is 28.8. The highest BCUT2D eigenvalue weighted by atomic mass is 16.3. The van der Waals surface area contributed by atoms with Crippen LogP contribution in [0.25, 0.3) is 0 Å². The van der Waals surface area contributed by atoms with Crippen LogP contribution in [0, 0.1) is 5.41 Å². The molecule has 0 bridgehead atoms. The van der Waals surface area contributed by atoms with Gasteiger partial charge in [-0.15, -0.1) is 0 Å². The molecule has 1 fully saturated rings. The Morgan fingerprint density at radius 2 is 2.31 bits per heavy atom. The van der Waals surface area contributed by atoms with Gasteiger partial charge in [0.1, 0.15) is 5.76 Å². The molecular weight excluding hydrogens is 162 g/mol. The van der Waals surface area contributed by atoms with Gasteiger partial charge >= 0.3 is 0 Å². The first-order chi connectivity index (χ1) is 6.36. The molecule has 1 spiro atoms. The van der Waals surface area contributed by atoms with E-state index in [1.807, 2.05) is 6.26 Å². The van der Waals surface area contributed by atoms with Crippen molar-refractivity contribution in [2.24, 2.45) is 5.41 Å². The van der Waals surface area contributed by atoms with Gasteiger partial charge in [-0.25, -0.2) is 0 Å². The van der Waals surface area contributed by atoms with Crippen LogP contribution in [0.1, 0.15) is 36.6 Å². The molecule has 3 rings (SSSR count). The highest BCUT2D eigenvalue weighted by Crippen LogP contribution is 2.60. The maximum atomic E-state index is 5.47. The van der Waals surface area contributed by atoms with Crippen LogP contribution in [0.15, 0.2) is 16.7 Å². The third kappa shape index (κ3) is 0.923. The zero-order valence-electron chi connectivity index (χ0n) is 7.97. The molecule has 2 aliphatic carbocycles. The lowest BCUT2D eigenvalue weighted by molar-refractivity contribution is 0.293. The van der Waals surface area contributed by atoms with E-state index in [-0.39, 0.29) is 0 Å². The summed E-state index contributed by atoms with van der Waals surface area (Å²) < 4.78 is 5.47. The summed E-state index contributed by atoms with van der Waals surface area (Å²) in [5, 5.41) is 3.44. The molecule has 1 atom stereocenters. The van der Waals surface area contributed by atoms with Gasteiger partial charge < -0.3 is 9.73 Å². The van der Waals surface area contributed by atoms with Gasteiger partial charge in [0, 0.05) is 18.0 Å². The van der Waals surface area contributed by atoms with E-state index < -0.39 is 0 Å². The lowest BCUT2D eigenvalue weighted by Gasteiger charge is -2.30. The fourth-order valence-corrected chi connectivity index (χ4v) is 2.81. The molecule has 1 N–H and O–H groups in total. The molecule has 1 aromatic heterocycles. The molecule has 1 unspecified atom stereocenters. The third-order valence-electron chi connectivity index (χ3n) is 3.73. The minimum absolute atomic E-state index is 0.551. The largest absolute Gasteiger partial charge is 0.469 e. The maximum absolute atomic E-state index is 5.47. The van der Waals surface area contributed by atoms with Gasteiger partial charge in [-0.3, -0.25) is 0 Å². The average molecular weight is 177 g/mol. The Hall–Kier alpha value is -0.760. The van der Waals surface area contributed by atoms with E-state index >= 15 is 0 Å². The highest BCUT2D eigenvalue weighted by Gasteiger charge is 2.52. The van der Waals surface area contributed by atoms with Crippen molar-refractivity contribution in [3.05, 3.63) is 23.7 Å². The topological polar surface area (TPSA) is 25.2 Å². The van der Waals surface area contributed by atoms with Crippen LogP contribution < -0.4 is 5.32 Å². The number of hydrogen-bond donors (Lipinski definition) is 1. The van der Waals surface area contributed by atoms with Gasteiger partial charge in [0.05, 0.1) is 6.26 Å². The van der Waals surface area contributed by atoms with Gasteiger partial charge in [-0.05, 0) is 37.8 Å². The molecule has 2 nitrogen and oxygen atoms in total. The summed E-state index contributed by atoms with van der Waals surface area (Å²) in [7, 11) is 2.06. The van der Waals surface area contributed by atoms with Gasteiger partial charge in [0.15, 0.2) is 0 Å². The minimum Gasteiger partial charge on any atom is -0.469 e. The third-order valence-corrected chi connectivity index (χ3v) is 3.73. The van der Waals surface area contributed by atoms with Gasteiger partial charge in [-0.1, -0.05) is 0 Å². The monoisotopic (exact) mass is 177 g/mol. The van der Waals surface area contributed by atoms with Gasteiger partial charge in [0.2, 0.25) is 0 Å². The number of fused-ring (bicyclic) bond motifs is 1. The number of nitrogens with one attached hydrogen (secondary N) is 1. The quantitative estimate of drug-likeness (QED) is 0.711. The Labute approximate surface area is 78.3 Å². The van der Waals surface area contributed by atoms with E-state index in [9.17, 15) is 0 Å². The van der Waals surface area contributed by atoms with Crippen LogP contribution in [0.2, 0.25) is 0 Å². The van der Waals surface area contributed by atoms with Crippen molar-refractivity contribution in [1.82, 2.24) is 5.32 Å². The molecule has 0 aromatic carbocycles. The van der Waals surface area contributed by atoms with Crippen LogP contribution in [-0.4, -0.2) is 7.05 Å². The van der Waals surface area contributed by atoms with E-state index in [1.165, 1.54) is 30.6 Å². The van der Waals surface area contributed by atoms with Crippen molar-refractivity contribution in [2.75, 3.05) is 7.05 Å². The fraction of sp³-hybridized carbons (Fsp3) is 0.636. The van der Waals surface area contributed by atoms with Crippen LogP contribution >= 0.6 is 0 Å². The molecular formula is C11H15NO. The minimum atomic E-state index is 0.551. The zero-order chi connectivity index (χ0) is 8.89. The smallest absolute Gasteiger partial charge is 0.108 e. The highest BCUT2D eigenvalue weighted by molar-refractivity contribution is 5.30. The Morgan fingerprint density at radius 1 is 1.46 bits per heavy atom. The Balaban J connectivity index is 2.04. The van der Waals surface area contributed by atoms with Gasteiger partial charge in [0.25, 0.3) is 0 Å². The van der Waals surface area contributed by atoms with Crippen LogP contribution in [-0.2, 0) is 6.42 Å². The lowest BCUT2D eigenvalue weighted by atomic mass is 9.80. The summed E-state index contributed by atoms with van der Waals surface area (Å²) in [6.45, 7) is 0. The first kappa shape index (κ1) is 7.63. The van der Waals surface area contributed by atoms with Crippen LogP contribution in [0.3, 0.4) is 0 Å². The van der Waals surface area contributed by atoms with Crippen molar-refractivity contribution in [1.29, 1.82) is 0 Å². The molecule has 0 saturated heterocycles. The predicted molar refractivity (Wildman–Crippen MR) is 50.5 cm³/mol. The molecule has 1 aromatic rings. The van der Waals surface area contributed by atoms with E-state index in [1.54, 1.807) is 0 Å². The Morgan fingerprint density at radius 3 is 3.00 bits per heavy atom. The molecule has 0 radical (unpaired) electrons. The summed E-state index contributed by atoms with van der Waals surface area (Å²) in [5.41, 5.74) is 2.00. The van der Waals surface area contributed by atoms with Crippen molar-refractivity contribution in [3.8, 4) is 0 Å². The maximum Gasteiger partial charge on any atom is 0.108 e. The Bertz CT molecular complexity index is 325. The molecule has 1 heterocycles. The molecule has 1 saturated carbocycles. The number of hydrogen-bond acceptors (Lipinski definition) is 2. The molecule has 0 aliphatic heterocycles. The molecule has 13 heavy (non-hydrogen) atoms. The molecule has 2 aliphatic rings. The summed E-state index contributed by atoms with van der Waals surface area (Å²) in [4.78, 5) is 0. The molecule has 0 amide bonds. The second kappa shape index (κ2) is 2.38. The average Bonchev–Trinajstić information content (AvgIpc) is 2.76. The van der Waals surface area contributed by atoms with E-state index in [0.717, 1.165) is 6.42 Å². The number of aryl methyl sites for hydroxylation is 1. The van der Waals surface area contributed by atoms with E-state index in [4.69, 9.17) is 4.42 Å². The SMILES string of the molecule is CNC1c2ccoc2CCC12CC2. The molecule has 70 valence electrons. The second-order valence-electron chi connectivity index (χ2n) is 4.38. The van der Waals surface area contributed by atoms with Crippen LogP contribution in [0.5, 0.6) is 0 Å². The summed E-state index contributed by atoms with van der Waals surface area (Å²) in [5.74, 6) is 1.21. The van der Waals surface area contributed by atoms with Gasteiger partial charge in [-0.2, -0.15) is 0 Å². The van der Waals surface area contributed by atoms with Crippen molar-refractivity contribution in [3.63, 3.8) is 0 Å². The van der Waals surface area contributed by atoms with E-state index in [2.05, 4.69) is 18.4 Å². The summed E-state index contributed by atoms with van der Waals surface area (Å²) in [6, 6.07) is 2.69. The second-order valence-corrected chi connectivity index (χ2v) is 4.38. The summed E-state index contributed by atoms with van der Waals surface area (Å²) >= 11 is 0. The van der Waals surface area contributed by atoms with Crippen molar-refractivity contribution < 1.29 is 4.42 Å². The number of furan rings is 1. The predicted octanol–water partition coefficient (Wildman–Crippen LogP) is 2.27. The zero-order valence-corrected chi connectivity index (χ0v) is 7.97. The Kier molecular flexibility index (Phi) is 1.40. The number of rotatable bonds is 1. The fourth-order valence-electron chi connectivity index (χ4n) is 2.81. The van der Waals surface area contributed by atoms with E-state index in [0.29, 0.717) is 11.5 Å². The first-order valence-electron chi connectivity index (χ1n) is 5.09. The van der Waals surface area contributed by atoms with Crippen molar-refractivity contribution >= 4 is 0 Å². The summed E-state index contributed by atoms with van der Waals surface area (Å²) in [6.07, 6.45) is 7.06. The molecule has 2 heteroatoms. The first-order valence-corrected chi connectivity index (χ1v) is 5.09. The lowest BCUT2D eigenvalue weighted by Crippen LogP contribution is -2.30. The van der Waals surface area contributed by atoms with Crippen molar-refractivity contribution in [2.45, 2.75) is 31.7 Å². The standard InChI is InChI=1S/C11H15NO/c1-12-10-8-3-7-13-9(8)2-4-11(10)5-6-11/h3,7,10,12H,2,4-6H2,1H3. The van der Waals surface area contributed by atoms with Crippen LogP contribution in [0.4, 0.5) is 0 Å².